The Bertz CT molecular complexity index is 803. The van der Waals surface area contributed by atoms with Crippen molar-refractivity contribution in [2.45, 2.75) is 18.7 Å². The van der Waals surface area contributed by atoms with Gasteiger partial charge in [0.25, 0.3) is 0 Å². The van der Waals surface area contributed by atoms with Crippen LogP contribution in [0.15, 0.2) is 47.4 Å². The van der Waals surface area contributed by atoms with Gasteiger partial charge >= 0.3 is 5.97 Å². The standard InChI is InChI=1S/C18H20O5S/c1-13-5-4-6-14(2)17(13)22-11-12-23-18(19)15-7-9-16(10-8-15)24(3,20)21/h4-10H,11-12H2,1-3H3. The first-order chi connectivity index (χ1) is 11.3. The number of hydrogen-bond acceptors (Lipinski definition) is 5. The summed E-state index contributed by atoms with van der Waals surface area (Å²) in [5, 5.41) is 0. The molecule has 0 aliphatic heterocycles. The Morgan fingerprint density at radius 1 is 0.958 bits per heavy atom. The number of para-hydroxylation sites is 1. The highest BCUT2D eigenvalue weighted by Crippen LogP contribution is 2.22. The lowest BCUT2D eigenvalue weighted by molar-refractivity contribution is 0.0449. The van der Waals surface area contributed by atoms with Crippen molar-refractivity contribution in [2.75, 3.05) is 19.5 Å². The molecule has 0 atom stereocenters. The fraction of sp³-hybridized carbons (Fsp3) is 0.278. The van der Waals surface area contributed by atoms with Crippen LogP contribution in [-0.4, -0.2) is 33.9 Å². The maximum absolute atomic E-state index is 11.9. The number of sulfone groups is 1. The SMILES string of the molecule is Cc1cccc(C)c1OCCOC(=O)c1ccc(S(C)(=O)=O)cc1. The molecule has 0 heterocycles. The van der Waals surface area contributed by atoms with E-state index in [2.05, 4.69) is 0 Å². The summed E-state index contributed by atoms with van der Waals surface area (Å²) in [4.78, 5) is 12.1. The van der Waals surface area contributed by atoms with Crippen molar-refractivity contribution >= 4 is 15.8 Å². The van der Waals surface area contributed by atoms with Crippen molar-refractivity contribution in [1.29, 1.82) is 0 Å². The lowest BCUT2D eigenvalue weighted by Gasteiger charge is -2.12. The first kappa shape index (κ1) is 18.0. The van der Waals surface area contributed by atoms with E-state index in [1.54, 1.807) is 0 Å². The molecule has 0 aliphatic carbocycles. The number of benzene rings is 2. The molecule has 0 spiro atoms. The van der Waals surface area contributed by atoms with Crippen molar-refractivity contribution in [3.8, 4) is 5.75 Å². The van der Waals surface area contributed by atoms with Crippen molar-refractivity contribution in [2.24, 2.45) is 0 Å². The molecule has 0 aliphatic rings. The molecule has 0 saturated carbocycles. The van der Waals surface area contributed by atoms with E-state index in [0.717, 1.165) is 23.1 Å². The number of aryl methyl sites for hydroxylation is 2. The summed E-state index contributed by atoms with van der Waals surface area (Å²) in [5.74, 6) is 0.284. The summed E-state index contributed by atoms with van der Waals surface area (Å²) >= 11 is 0. The van der Waals surface area contributed by atoms with Crippen LogP contribution in [0, 0.1) is 13.8 Å². The first-order valence-electron chi connectivity index (χ1n) is 7.45. The Labute approximate surface area is 142 Å². The Hall–Kier alpha value is -2.34. The van der Waals surface area contributed by atoms with Crippen LogP contribution in [0.4, 0.5) is 0 Å². The highest BCUT2D eigenvalue weighted by molar-refractivity contribution is 7.90. The van der Waals surface area contributed by atoms with Crippen molar-refractivity contribution in [1.82, 2.24) is 0 Å². The second kappa shape index (κ2) is 7.49. The minimum atomic E-state index is -3.28. The van der Waals surface area contributed by atoms with Crippen molar-refractivity contribution in [3.63, 3.8) is 0 Å². The minimum Gasteiger partial charge on any atom is -0.489 e. The van der Waals surface area contributed by atoms with Gasteiger partial charge in [-0.1, -0.05) is 18.2 Å². The van der Waals surface area contributed by atoms with Crippen molar-refractivity contribution in [3.05, 3.63) is 59.2 Å². The zero-order valence-corrected chi connectivity index (χ0v) is 14.7. The van der Waals surface area contributed by atoms with Gasteiger partial charge in [-0.2, -0.15) is 0 Å². The molecule has 0 fully saturated rings. The largest absolute Gasteiger partial charge is 0.489 e. The highest BCUT2D eigenvalue weighted by atomic mass is 32.2. The Morgan fingerprint density at radius 3 is 2.08 bits per heavy atom. The fourth-order valence-corrected chi connectivity index (χ4v) is 2.86. The van der Waals surface area contributed by atoms with E-state index < -0.39 is 15.8 Å². The monoisotopic (exact) mass is 348 g/mol. The smallest absolute Gasteiger partial charge is 0.338 e. The van der Waals surface area contributed by atoms with E-state index in [0.29, 0.717) is 5.56 Å². The average Bonchev–Trinajstić information content (AvgIpc) is 2.53. The second-order valence-corrected chi connectivity index (χ2v) is 7.52. The maximum Gasteiger partial charge on any atom is 0.338 e. The van der Waals surface area contributed by atoms with E-state index in [4.69, 9.17) is 9.47 Å². The Balaban J connectivity index is 1.87. The van der Waals surface area contributed by atoms with Gasteiger partial charge in [-0.15, -0.1) is 0 Å². The van der Waals surface area contributed by atoms with Gasteiger partial charge in [0.15, 0.2) is 9.84 Å². The molecule has 0 saturated heterocycles. The van der Waals surface area contributed by atoms with E-state index in [1.807, 2.05) is 32.0 Å². The molecule has 2 aromatic rings. The number of ether oxygens (including phenoxy) is 2. The molecule has 6 heteroatoms. The average molecular weight is 348 g/mol. The van der Waals surface area contributed by atoms with E-state index in [9.17, 15) is 13.2 Å². The minimum absolute atomic E-state index is 0.112. The molecule has 0 amide bonds. The topological polar surface area (TPSA) is 69.7 Å². The predicted molar refractivity (Wildman–Crippen MR) is 91.2 cm³/mol. The normalized spacial score (nSPS) is 11.1. The van der Waals surface area contributed by atoms with Gasteiger partial charge in [0.1, 0.15) is 19.0 Å². The van der Waals surface area contributed by atoms with Crippen molar-refractivity contribution < 1.29 is 22.7 Å². The van der Waals surface area contributed by atoms with Crippen LogP contribution in [0.5, 0.6) is 5.75 Å². The van der Waals surface area contributed by atoms with Gasteiger partial charge in [-0.25, -0.2) is 13.2 Å². The molecule has 0 bridgehead atoms. The van der Waals surface area contributed by atoms with Gasteiger partial charge < -0.3 is 9.47 Å². The van der Waals surface area contributed by atoms with Gasteiger partial charge in [0.2, 0.25) is 0 Å². The molecule has 128 valence electrons. The quantitative estimate of drug-likeness (QED) is 0.593. The Kier molecular flexibility index (Phi) is 5.62. The fourth-order valence-electron chi connectivity index (χ4n) is 2.23. The molecule has 0 radical (unpaired) electrons. The molecule has 2 rings (SSSR count). The number of rotatable bonds is 6. The van der Waals surface area contributed by atoms with Crippen LogP contribution in [0.3, 0.4) is 0 Å². The zero-order chi connectivity index (χ0) is 17.7. The summed E-state index contributed by atoms with van der Waals surface area (Å²) in [5.41, 5.74) is 2.35. The molecule has 5 nitrogen and oxygen atoms in total. The predicted octanol–water partition coefficient (Wildman–Crippen LogP) is 2.94. The second-order valence-electron chi connectivity index (χ2n) is 5.50. The van der Waals surface area contributed by atoms with E-state index in [-0.39, 0.29) is 18.1 Å². The lowest BCUT2D eigenvalue weighted by atomic mass is 10.1. The summed E-state index contributed by atoms with van der Waals surface area (Å²) in [7, 11) is -3.28. The number of esters is 1. The Morgan fingerprint density at radius 2 is 1.54 bits per heavy atom. The van der Waals surface area contributed by atoms with Crippen LogP contribution in [-0.2, 0) is 14.6 Å². The van der Waals surface area contributed by atoms with Gasteiger partial charge in [0.05, 0.1) is 10.5 Å². The van der Waals surface area contributed by atoms with Gasteiger partial charge in [0, 0.05) is 6.26 Å². The van der Waals surface area contributed by atoms with E-state index in [1.165, 1.54) is 24.3 Å². The maximum atomic E-state index is 11.9. The molecule has 24 heavy (non-hydrogen) atoms. The zero-order valence-electron chi connectivity index (χ0n) is 13.9. The summed E-state index contributed by atoms with van der Waals surface area (Å²) in [6.07, 6.45) is 1.12. The molecular formula is C18H20O5S. The van der Waals surface area contributed by atoms with Crippen LogP contribution in [0.25, 0.3) is 0 Å². The third-order valence-corrected chi connectivity index (χ3v) is 4.62. The van der Waals surface area contributed by atoms with Crippen LogP contribution < -0.4 is 4.74 Å². The third-order valence-electron chi connectivity index (χ3n) is 3.49. The molecule has 0 unspecified atom stereocenters. The summed E-state index contributed by atoms with van der Waals surface area (Å²) in [6, 6.07) is 11.5. The van der Waals surface area contributed by atoms with Gasteiger partial charge in [-0.3, -0.25) is 0 Å². The number of carbonyl (C=O) groups excluding carboxylic acids is 1. The number of carbonyl (C=O) groups is 1. The van der Waals surface area contributed by atoms with Crippen LogP contribution >= 0.6 is 0 Å². The summed E-state index contributed by atoms with van der Waals surface area (Å²) < 4.78 is 33.6. The molecule has 2 aromatic carbocycles. The first-order valence-corrected chi connectivity index (χ1v) is 9.34. The van der Waals surface area contributed by atoms with Crippen LogP contribution in [0.2, 0.25) is 0 Å². The molecular weight excluding hydrogens is 328 g/mol. The van der Waals surface area contributed by atoms with Crippen LogP contribution in [0.1, 0.15) is 21.5 Å². The lowest BCUT2D eigenvalue weighted by Crippen LogP contribution is -2.13. The van der Waals surface area contributed by atoms with E-state index >= 15 is 0 Å². The van der Waals surface area contributed by atoms with Gasteiger partial charge in [-0.05, 0) is 49.2 Å². The third kappa shape index (κ3) is 4.58. The summed E-state index contributed by atoms with van der Waals surface area (Å²) in [6.45, 7) is 4.27. The molecule has 0 aromatic heterocycles. The molecule has 0 N–H and O–H groups in total. The highest BCUT2D eigenvalue weighted by Gasteiger charge is 2.11. The number of hydrogen-bond donors (Lipinski definition) is 0.